The van der Waals surface area contributed by atoms with Gasteiger partial charge in [-0.3, -0.25) is 10.1 Å². The van der Waals surface area contributed by atoms with Crippen molar-refractivity contribution in [1.29, 1.82) is 0 Å². The van der Waals surface area contributed by atoms with Crippen molar-refractivity contribution in [2.24, 2.45) is 5.92 Å². The van der Waals surface area contributed by atoms with Gasteiger partial charge >= 0.3 is 6.09 Å². The van der Waals surface area contributed by atoms with E-state index in [1.54, 1.807) is 19.1 Å². The van der Waals surface area contributed by atoms with Gasteiger partial charge in [-0.05, 0) is 63.1 Å². The molecule has 2 aliphatic heterocycles. The van der Waals surface area contributed by atoms with Crippen molar-refractivity contribution in [3.63, 3.8) is 0 Å². The van der Waals surface area contributed by atoms with Gasteiger partial charge in [0.1, 0.15) is 5.82 Å². The topological polar surface area (TPSA) is 71.1 Å². The van der Waals surface area contributed by atoms with Crippen LogP contribution in [0.25, 0.3) is 0 Å². The fourth-order valence-electron chi connectivity index (χ4n) is 4.32. The van der Waals surface area contributed by atoms with Crippen molar-refractivity contribution in [2.75, 3.05) is 49.7 Å². The van der Waals surface area contributed by atoms with Crippen molar-refractivity contribution in [3.05, 3.63) is 24.0 Å². The fraction of sp³-hybridized carbons (Fsp3) is 0.636. The van der Waals surface area contributed by atoms with E-state index in [9.17, 15) is 14.0 Å². The Labute approximate surface area is 177 Å². The van der Waals surface area contributed by atoms with Crippen LogP contribution in [-0.2, 0) is 14.3 Å². The molecule has 0 aliphatic carbocycles. The van der Waals surface area contributed by atoms with Gasteiger partial charge < -0.3 is 19.3 Å². The third-order valence-electron chi connectivity index (χ3n) is 5.92. The van der Waals surface area contributed by atoms with Crippen LogP contribution in [0.1, 0.15) is 39.0 Å². The maximum atomic E-state index is 14.7. The van der Waals surface area contributed by atoms with E-state index in [0.717, 1.165) is 58.1 Å². The zero-order chi connectivity index (χ0) is 21.3. The molecule has 1 aromatic rings. The number of nitrogens with zero attached hydrogens (tertiary/aromatic N) is 2. The summed E-state index contributed by atoms with van der Waals surface area (Å²) < 4.78 is 24.9. The second kappa shape index (κ2) is 11.2. The van der Waals surface area contributed by atoms with Crippen LogP contribution < -0.4 is 10.2 Å². The molecule has 8 heteroatoms. The Morgan fingerprint density at radius 2 is 2.17 bits per heavy atom. The predicted octanol–water partition coefficient (Wildman–Crippen LogP) is 3.64. The molecule has 1 atom stereocenters. The second-order valence-corrected chi connectivity index (χ2v) is 7.94. The zero-order valence-electron chi connectivity index (χ0n) is 17.6. The van der Waals surface area contributed by atoms with Crippen LogP contribution in [0.5, 0.6) is 0 Å². The first-order valence-corrected chi connectivity index (χ1v) is 10.9. The summed E-state index contributed by atoms with van der Waals surface area (Å²) in [6.07, 6.45) is 5.15. The van der Waals surface area contributed by atoms with Crippen LogP contribution in [-0.4, -0.2) is 62.9 Å². The molecule has 0 spiro atoms. The number of amides is 2. The van der Waals surface area contributed by atoms with Crippen molar-refractivity contribution < 1.29 is 23.5 Å². The van der Waals surface area contributed by atoms with Gasteiger partial charge in [0, 0.05) is 44.6 Å². The number of nitrogens with one attached hydrogen (secondary N) is 1. The third-order valence-corrected chi connectivity index (χ3v) is 5.92. The monoisotopic (exact) mass is 421 g/mol. The summed E-state index contributed by atoms with van der Waals surface area (Å²) in [5, 5.41) is 2.53. The summed E-state index contributed by atoms with van der Waals surface area (Å²) in [5.74, 6) is 0.0550. The molecule has 0 saturated carbocycles. The number of hydrogen-bond donors (Lipinski definition) is 1. The van der Waals surface area contributed by atoms with E-state index in [1.165, 1.54) is 6.07 Å². The SMILES string of the molecule is CCOC(=O)Nc1ccc(N2CCCC(CCN(C=O)C3CCOCC3)C2)c(F)c1. The molecule has 166 valence electrons. The molecule has 2 aliphatic rings. The number of anilines is 2. The van der Waals surface area contributed by atoms with E-state index in [4.69, 9.17) is 9.47 Å². The summed E-state index contributed by atoms with van der Waals surface area (Å²) in [7, 11) is 0. The minimum absolute atomic E-state index is 0.262. The summed E-state index contributed by atoms with van der Waals surface area (Å²) in [6.45, 7) is 5.71. The standard InChI is InChI=1S/C22H32FN3O4/c1-2-30-22(28)24-18-5-6-21(20(23)14-18)25-10-3-4-17(15-25)7-11-26(16-27)19-8-12-29-13-9-19/h5-6,14,16-17,19H,2-4,7-13,15H2,1H3,(H,24,28). The molecule has 2 amide bonds. The minimum atomic E-state index is -0.591. The number of ether oxygens (including phenoxy) is 2. The predicted molar refractivity (Wildman–Crippen MR) is 113 cm³/mol. The third kappa shape index (κ3) is 6.08. The maximum Gasteiger partial charge on any atom is 0.411 e. The lowest BCUT2D eigenvalue weighted by atomic mass is 9.93. The largest absolute Gasteiger partial charge is 0.450 e. The Kier molecular flexibility index (Phi) is 8.30. The molecule has 0 radical (unpaired) electrons. The summed E-state index contributed by atoms with van der Waals surface area (Å²) in [6, 6.07) is 5.00. The Balaban J connectivity index is 1.55. The summed E-state index contributed by atoms with van der Waals surface area (Å²) >= 11 is 0. The molecule has 2 saturated heterocycles. The van der Waals surface area contributed by atoms with Gasteiger partial charge in [0.25, 0.3) is 0 Å². The van der Waals surface area contributed by atoms with Crippen LogP contribution >= 0.6 is 0 Å². The number of rotatable bonds is 8. The number of carbonyl (C=O) groups excluding carboxylic acids is 2. The first-order chi connectivity index (χ1) is 14.6. The molecular formula is C22H32FN3O4. The van der Waals surface area contributed by atoms with E-state index < -0.39 is 6.09 Å². The van der Waals surface area contributed by atoms with Crippen molar-refractivity contribution in [2.45, 2.75) is 45.1 Å². The van der Waals surface area contributed by atoms with Gasteiger partial charge in [-0.1, -0.05) is 0 Å². The maximum absolute atomic E-state index is 14.7. The Hall–Kier alpha value is -2.35. The van der Waals surface area contributed by atoms with Gasteiger partial charge in [0.05, 0.1) is 12.3 Å². The first kappa shape index (κ1) is 22.3. The number of benzene rings is 1. The Morgan fingerprint density at radius 3 is 2.87 bits per heavy atom. The number of carbonyl (C=O) groups is 2. The van der Waals surface area contributed by atoms with Crippen molar-refractivity contribution in [1.82, 2.24) is 4.90 Å². The van der Waals surface area contributed by atoms with E-state index in [-0.39, 0.29) is 18.5 Å². The van der Waals surface area contributed by atoms with Crippen LogP contribution in [0.3, 0.4) is 0 Å². The second-order valence-electron chi connectivity index (χ2n) is 7.94. The number of hydrogen-bond acceptors (Lipinski definition) is 5. The van der Waals surface area contributed by atoms with Crippen LogP contribution in [0.4, 0.5) is 20.6 Å². The first-order valence-electron chi connectivity index (χ1n) is 10.9. The number of halogens is 1. The molecule has 1 aromatic carbocycles. The molecule has 2 heterocycles. The molecule has 30 heavy (non-hydrogen) atoms. The quantitative estimate of drug-likeness (QED) is 0.649. The van der Waals surface area contributed by atoms with Gasteiger partial charge in [0.15, 0.2) is 0 Å². The van der Waals surface area contributed by atoms with E-state index in [2.05, 4.69) is 10.2 Å². The highest BCUT2D eigenvalue weighted by molar-refractivity contribution is 5.84. The van der Waals surface area contributed by atoms with Crippen LogP contribution in [0.2, 0.25) is 0 Å². The lowest BCUT2D eigenvalue weighted by molar-refractivity contribution is -0.122. The highest BCUT2D eigenvalue weighted by atomic mass is 19.1. The van der Waals surface area contributed by atoms with Crippen LogP contribution in [0.15, 0.2) is 18.2 Å². The minimum Gasteiger partial charge on any atom is -0.450 e. The molecule has 3 rings (SSSR count). The molecule has 1 unspecified atom stereocenters. The lowest BCUT2D eigenvalue weighted by Gasteiger charge is -2.37. The normalized spacial score (nSPS) is 19.9. The lowest BCUT2D eigenvalue weighted by Crippen LogP contribution is -2.41. The summed E-state index contributed by atoms with van der Waals surface area (Å²) in [4.78, 5) is 27.0. The van der Waals surface area contributed by atoms with E-state index in [1.807, 2.05) is 4.90 Å². The molecule has 2 fully saturated rings. The molecule has 7 nitrogen and oxygen atoms in total. The smallest absolute Gasteiger partial charge is 0.411 e. The number of piperidine rings is 1. The fourth-order valence-corrected chi connectivity index (χ4v) is 4.32. The Morgan fingerprint density at radius 1 is 1.37 bits per heavy atom. The van der Waals surface area contributed by atoms with E-state index in [0.29, 0.717) is 30.5 Å². The van der Waals surface area contributed by atoms with E-state index >= 15 is 0 Å². The molecule has 0 bridgehead atoms. The molecule has 1 N–H and O–H groups in total. The average molecular weight is 422 g/mol. The van der Waals surface area contributed by atoms with Crippen molar-refractivity contribution in [3.8, 4) is 0 Å². The van der Waals surface area contributed by atoms with Gasteiger partial charge in [0.2, 0.25) is 6.41 Å². The average Bonchev–Trinajstić information content (AvgIpc) is 2.75. The Bertz CT molecular complexity index is 712. The van der Waals surface area contributed by atoms with Crippen molar-refractivity contribution >= 4 is 23.9 Å². The van der Waals surface area contributed by atoms with Gasteiger partial charge in [-0.25, -0.2) is 9.18 Å². The molecular weight excluding hydrogens is 389 g/mol. The molecule has 0 aromatic heterocycles. The summed E-state index contributed by atoms with van der Waals surface area (Å²) in [5.41, 5.74) is 0.923. The highest BCUT2D eigenvalue weighted by Gasteiger charge is 2.25. The van der Waals surface area contributed by atoms with Gasteiger partial charge in [-0.15, -0.1) is 0 Å². The highest BCUT2D eigenvalue weighted by Crippen LogP contribution is 2.29. The zero-order valence-corrected chi connectivity index (χ0v) is 17.6. The van der Waals surface area contributed by atoms with Crippen LogP contribution in [0, 0.1) is 11.7 Å². The van der Waals surface area contributed by atoms with Gasteiger partial charge in [-0.2, -0.15) is 0 Å².